The van der Waals surface area contributed by atoms with Crippen molar-refractivity contribution >= 4 is 36.1 Å². The van der Waals surface area contributed by atoms with E-state index in [0.717, 1.165) is 74.0 Å². The SMILES string of the molecule is C=O.C=O.CC.CCC.CNCC1CCN(c2nc(-c3ccc(N4CCOCC4)cc3)cc3nccnc23)C1. The van der Waals surface area contributed by atoms with Gasteiger partial charge in [-0.15, -0.1) is 0 Å². The Kier molecular flexibility index (Phi) is 16.9. The molecule has 0 aliphatic carbocycles. The van der Waals surface area contributed by atoms with E-state index in [1.54, 1.807) is 12.4 Å². The van der Waals surface area contributed by atoms with Crippen LogP contribution in [0.5, 0.6) is 0 Å². The van der Waals surface area contributed by atoms with Gasteiger partial charge in [-0.05, 0) is 44.1 Å². The molecule has 0 saturated carbocycles. The Morgan fingerprint density at radius 2 is 1.56 bits per heavy atom. The highest BCUT2D eigenvalue weighted by atomic mass is 16.5. The Morgan fingerprint density at radius 1 is 0.949 bits per heavy atom. The van der Waals surface area contributed by atoms with E-state index in [1.807, 2.05) is 34.5 Å². The molecule has 1 N–H and O–H groups in total. The van der Waals surface area contributed by atoms with Gasteiger partial charge in [0.25, 0.3) is 0 Å². The number of rotatable bonds is 5. The molecule has 3 aromatic rings. The number of nitrogens with zero attached hydrogens (tertiary/aromatic N) is 5. The molecule has 0 amide bonds. The van der Waals surface area contributed by atoms with Gasteiger partial charge in [0, 0.05) is 49.8 Å². The lowest BCUT2D eigenvalue weighted by Crippen LogP contribution is -2.36. The molecule has 2 aliphatic heterocycles. The van der Waals surface area contributed by atoms with E-state index >= 15 is 0 Å². The average Bonchev–Trinajstić information content (AvgIpc) is 3.49. The zero-order chi connectivity index (χ0) is 29.0. The average molecular weight is 539 g/mol. The number of morpholine rings is 1. The highest BCUT2D eigenvalue weighted by Crippen LogP contribution is 2.31. The first-order valence-corrected chi connectivity index (χ1v) is 13.8. The molecule has 9 heteroatoms. The van der Waals surface area contributed by atoms with Gasteiger partial charge in [0.15, 0.2) is 5.82 Å². The first-order chi connectivity index (χ1) is 19.2. The molecule has 2 aromatic heterocycles. The van der Waals surface area contributed by atoms with Crippen molar-refractivity contribution in [3.63, 3.8) is 0 Å². The quantitative estimate of drug-likeness (QED) is 0.498. The van der Waals surface area contributed by atoms with Gasteiger partial charge in [-0.1, -0.05) is 46.2 Å². The van der Waals surface area contributed by atoms with Crippen molar-refractivity contribution in [2.75, 3.05) is 62.8 Å². The number of fused-ring (bicyclic) bond motifs is 1. The van der Waals surface area contributed by atoms with Crippen molar-refractivity contribution in [2.24, 2.45) is 5.92 Å². The lowest BCUT2D eigenvalue weighted by atomic mass is 10.1. The molecule has 1 atom stereocenters. The summed E-state index contributed by atoms with van der Waals surface area (Å²) in [4.78, 5) is 35.0. The van der Waals surface area contributed by atoms with Gasteiger partial charge in [-0.3, -0.25) is 4.98 Å². The van der Waals surface area contributed by atoms with Crippen LogP contribution in [0.1, 0.15) is 40.5 Å². The largest absolute Gasteiger partial charge is 0.378 e. The highest BCUT2D eigenvalue weighted by molar-refractivity contribution is 5.89. The molecular formula is C30H46N6O3. The third-order valence-corrected chi connectivity index (χ3v) is 6.06. The molecular weight excluding hydrogens is 492 g/mol. The summed E-state index contributed by atoms with van der Waals surface area (Å²) in [6, 6.07) is 10.7. The van der Waals surface area contributed by atoms with Gasteiger partial charge in [0.2, 0.25) is 0 Å². The normalized spacial score (nSPS) is 15.9. The molecule has 39 heavy (non-hydrogen) atoms. The number of pyridine rings is 1. The molecule has 214 valence electrons. The first-order valence-electron chi connectivity index (χ1n) is 13.8. The molecule has 4 heterocycles. The minimum absolute atomic E-state index is 0.639. The van der Waals surface area contributed by atoms with Crippen LogP contribution in [0.3, 0.4) is 0 Å². The van der Waals surface area contributed by atoms with Gasteiger partial charge in [0.1, 0.15) is 19.1 Å². The smallest absolute Gasteiger partial charge is 0.157 e. The van der Waals surface area contributed by atoms with E-state index in [9.17, 15) is 0 Å². The molecule has 2 fully saturated rings. The summed E-state index contributed by atoms with van der Waals surface area (Å²) in [5.41, 5.74) is 5.07. The van der Waals surface area contributed by atoms with Crippen molar-refractivity contribution in [1.29, 1.82) is 0 Å². The van der Waals surface area contributed by atoms with Crippen molar-refractivity contribution in [2.45, 2.75) is 40.5 Å². The van der Waals surface area contributed by atoms with E-state index in [-0.39, 0.29) is 0 Å². The molecule has 9 nitrogen and oxygen atoms in total. The second-order valence-electron chi connectivity index (χ2n) is 8.77. The number of carbonyl (C=O) groups is 2. The van der Waals surface area contributed by atoms with Gasteiger partial charge < -0.3 is 29.4 Å². The number of hydrogen-bond acceptors (Lipinski definition) is 9. The first kappa shape index (κ1) is 33.6. The fourth-order valence-corrected chi connectivity index (χ4v) is 4.47. The van der Waals surface area contributed by atoms with Crippen LogP contribution in [0, 0.1) is 5.92 Å². The summed E-state index contributed by atoms with van der Waals surface area (Å²) >= 11 is 0. The molecule has 1 aromatic carbocycles. The van der Waals surface area contributed by atoms with Crippen molar-refractivity contribution in [3.05, 3.63) is 42.7 Å². The maximum Gasteiger partial charge on any atom is 0.157 e. The monoisotopic (exact) mass is 538 g/mol. The van der Waals surface area contributed by atoms with E-state index in [0.29, 0.717) is 5.92 Å². The van der Waals surface area contributed by atoms with Gasteiger partial charge in [-0.25, -0.2) is 9.97 Å². The molecule has 0 radical (unpaired) electrons. The van der Waals surface area contributed by atoms with E-state index in [4.69, 9.17) is 19.3 Å². The van der Waals surface area contributed by atoms with Gasteiger partial charge >= 0.3 is 0 Å². The van der Waals surface area contributed by atoms with Crippen LogP contribution >= 0.6 is 0 Å². The summed E-state index contributed by atoms with van der Waals surface area (Å²) < 4.78 is 5.47. The number of aromatic nitrogens is 3. The Bertz CT molecular complexity index is 1060. The van der Waals surface area contributed by atoms with Crippen molar-refractivity contribution in [3.8, 4) is 11.3 Å². The Hall–Kier alpha value is -3.43. The summed E-state index contributed by atoms with van der Waals surface area (Å²) in [7, 11) is 2.02. The Labute approximate surface area is 234 Å². The maximum absolute atomic E-state index is 8.00. The molecule has 2 aliphatic rings. The number of ether oxygens (including phenoxy) is 1. The summed E-state index contributed by atoms with van der Waals surface area (Å²) in [6.07, 6.45) is 5.93. The number of carbonyl (C=O) groups excluding carboxylic acids is 2. The summed E-state index contributed by atoms with van der Waals surface area (Å²) in [5, 5.41) is 3.30. The zero-order valence-corrected chi connectivity index (χ0v) is 24.4. The minimum Gasteiger partial charge on any atom is -0.378 e. The molecule has 5 rings (SSSR count). The predicted molar refractivity (Wildman–Crippen MR) is 162 cm³/mol. The zero-order valence-electron chi connectivity index (χ0n) is 24.4. The van der Waals surface area contributed by atoms with E-state index < -0.39 is 0 Å². The molecule has 1 unspecified atom stereocenters. The van der Waals surface area contributed by atoms with Crippen molar-refractivity contribution < 1.29 is 14.3 Å². The summed E-state index contributed by atoms with van der Waals surface area (Å²) in [5.74, 6) is 1.59. The third kappa shape index (κ3) is 9.67. The highest BCUT2D eigenvalue weighted by Gasteiger charge is 2.25. The number of benzene rings is 1. The predicted octanol–water partition coefficient (Wildman–Crippen LogP) is 4.65. The van der Waals surface area contributed by atoms with Crippen LogP contribution in [-0.2, 0) is 14.3 Å². The molecule has 0 bridgehead atoms. The lowest BCUT2D eigenvalue weighted by Gasteiger charge is -2.29. The molecule has 2 saturated heterocycles. The number of hydrogen-bond donors (Lipinski definition) is 1. The third-order valence-electron chi connectivity index (χ3n) is 6.06. The van der Waals surface area contributed by atoms with Crippen LogP contribution in [0.25, 0.3) is 22.3 Å². The second-order valence-corrected chi connectivity index (χ2v) is 8.77. The van der Waals surface area contributed by atoms with Crippen LogP contribution in [0.4, 0.5) is 11.5 Å². The maximum atomic E-state index is 8.00. The van der Waals surface area contributed by atoms with E-state index in [2.05, 4.69) is 69.3 Å². The Morgan fingerprint density at radius 3 is 2.18 bits per heavy atom. The van der Waals surface area contributed by atoms with Crippen LogP contribution in [0.2, 0.25) is 0 Å². The number of anilines is 2. The topological polar surface area (TPSA) is 101 Å². The second kappa shape index (κ2) is 19.6. The fourth-order valence-electron chi connectivity index (χ4n) is 4.47. The van der Waals surface area contributed by atoms with Gasteiger partial charge in [0.05, 0.1) is 24.4 Å². The Balaban J connectivity index is 0.000000763. The fraction of sp³-hybridized carbons (Fsp3) is 0.500. The van der Waals surface area contributed by atoms with Crippen molar-refractivity contribution in [1.82, 2.24) is 20.3 Å². The summed E-state index contributed by atoms with van der Waals surface area (Å²) in [6.45, 7) is 18.7. The number of nitrogens with one attached hydrogen (secondary N) is 1. The lowest BCUT2D eigenvalue weighted by molar-refractivity contribution is -0.0987. The standard InChI is InChI=1S/C23H28N6O.C3H8.C2H6.2CH2O/c1-24-15-17-6-9-29(16-17)23-22-21(25-7-8-26-22)14-20(27-23)18-2-4-19(5-3-18)28-10-12-30-13-11-28;1-3-2;3*1-2/h2-5,7-8,14,17,24H,6,9-13,15-16H2,1H3;3H2,1-2H3;1-2H3;2*1H2. The van der Waals surface area contributed by atoms with E-state index in [1.165, 1.54) is 18.5 Å². The van der Waals surface area contributed by atoms with Gasteiger partial charge in [-0.2, -0.15) is 0 Å². The van der Waals surface area contributed by atoms with Crippen LogP contribution < -0.4 is 15.1 Å². The van der Waals surface area contributed by atoms with Crippen LogP contribution in [0.15, 0.2) is 42.7 Å². The minimum atomic E-state index is 0.639. The molecule has 0 spiro atoms. The van der Waals surface area contributed by atoms with Crippen LogP contribution in [-0.4, -0.2) is 81.5 Å².